The number of anilines is 3. The lowest BCUT2D eigenvalue weighted by Crippen LogP contribution is -2.10. The van der Waals surface area contributed by atoms with Gasteiger partial charge in [0, 0.05) is 33.4 Å². The Morgan fingerprint density at radius 3 is 1.27 bits per heavy atom. The highest BCUT2D eigenvalue weighted by atomic mass is 15.1. The molecule has 2 heteroatoms. The molecule has 2 nitrogen and oxygen atoms in total. The number of hydrogen-bond donors (Lipinski definition) is 0. The summed E-state index contributed by atoms with van der Waals surface area (Å²) in [5.41, 5.74) is 16.4. The minimum absolute atomic E-state index is 1.09. The van der Waals surface area contributed by atoms with Gasteiger partial charge in [0.2, 0.25) is 0 Å². The van der Waals surface area contributed by atoms with Gasteiger partial charge in [-0.3, -0.25) is 0 Å². The van der Waals surface area contributed by atoms with Gasteiger partial charge in [-0.05, 0) is 93.5 Å². The van der Waals surface area contributed by atoms with Crippen LogP contribution in [0.2, 0.25) is 0 Å². The molecule has 264 valence electrons. The van der Waals surface area contributed by atoms with Gasteiger partial charge in [0.1, 0.15) is 0 Å². The van der Waals surface area contributed by atoms with Gasteiger partial charge in [0.15, 0.2) is 0 Å². The zero-order valence-electron chi connectivity index (χ0n) is 30.8. The van der Waals surface area contributed by atoms with E-state index in [1.807, 2.05) is 0 Å². The molecule has 1 aromatic heterocycles. The van der Waals surface area contributed by atoms with E-state index < -0.39 is 0 Å². The van der Waals surface area contributed by atoms with Crippen molar-refractivity contribution in [3.63, 3.8) is 0 Å². The number of benzene rings is 9. The fraction of sp³-hybridized carbons (Fsp3) is 0. The number of fused-ring (bicyclic) bond motifs is 3. The third-order valence-corrected chi connectivity index (χ3v) is 10.8. The topological polar surface area (TPSA) is 8.17 Å². The van der Waals surface area contributed by atoms with Crippen LogP contribution in [0.3, 0.4) is 0 Å². The van der Waals surface area contributed by atoms with Crippen molar-refractivity contribution in [2.75, 3.05) is 4.90 Å². The molecule has 0 saturated heterocycles. The van der Waals surface area contributed by atoms with Crippen molar-refractivity contribution in [3.8, 4) is 50.2 Å². The Kier molecular flexibility index (Phi) is 8.55. The average Bonchev–Trinajstić information content (AvgIpc) is 3.62. The van der Waals surface area contributed by atoms with Gasteiger partial charge in [0.05, 0.1) is 16.7 Å². The van der Waals surface area contributed by atoms with E-state index in [0.717, 1.165) is 28.3 Å². The van der Waals surface area contributed by atoms with E-state index in [0.29, 0.717) is 0 Å². The molecule has 0 atom stereocenters. The molecule has 0 unspecified atom stereocenters. The van der Waals surface area contributed by atoms with Gasteiger partial charge < -0.3 is 9.47 Å². The number of nitrogens with zero attached hydrogens (tertiary/aromatic N) is 2. The van der Waals surface area contributed by atoms with Crippen molar-refractivity contribution in [2.45, 2.75) is 0 Å². The van der Waals surface area contributed by atoms with Gasteiger partial charge in [0.25, 0.3) is 0 Å². The summed E-state index contributed by atoms with van der Waals surface area (Å²) in [6, 6.07) is 83.0. The normalized spacial score (nSPS) is 11.2. The first kappa shape index (κ1) is 33.2. The Hall–Kier alpha value is -7.42. The van der Waals surface area contributed by atoms with Crippen LogP contribution in [0.5, 0.6) is 0 Å². The lowest BCUT2D eigenvalue weighted by Gasteiger charge is -2.27. The van der Waals surface area contributed by atoms with E-state index in [1.54, 1.807) is 0 Å². The summed E-state index contributed by atoms with van der Waals surface area (Å²) in [7, 11) is 0. The van der Waals surface area contributed by atoms with Crippen molar-refractivity contribution in [1.29, 1.82) is 0 Å². The maximum atomic E-state index is 2.42. The summed E-state index contributed by atoms with van der Waals surface area (Å²) in [5, 5.41) is 2.51. The summed E-state index contributed by atoms with van der Waals surface area (Å²) < 4.78 is 2.42. The number of para-hydroxylation sites is 3. The van der Waals surface area contributed by atoms with E-state index in [9.17, 15) is 0 Å². The first-order valence-electron chi connectivity index (χ1n) is 19.2. The molecule has 0 saturated carbocycles. The fourth-order valence-corrected chi connectivity index (χ4v) is 8.18. The molecule has 0 N–H and O–H groups in total. The average molecular weight is 715 g/mol. The Bertz CT molecular complexity index is 2810. The summed E-state index contributed by atoms with van der Waals surface area (Å²) in [6.45, 7) is 0. The maximum Gasteiger partial charge on any atom is 0.0541 e. The van der Waals surface area contributed by atoms with Crippen molar-refractivity contribution >= 4 is 38.9 Å². The SMILES string of the molecule is c1ccc(-c2ccc(N(c3ccc(-c4ccccc4)cc3)c3cccc(-c4ccccc4-c4ccccc4-n4c5ccccc5c5ccccc54)c3)cc2)cc1. The summed E-state index contributed by atoms with van der Waals surface area (Å²) in [6.07, 6.45) is 0. The molecule has 10 aromatic rings. The molecule has 0 aliphatic carbocycles. The molecule has 0 fully saturated rings. The third-order valence-electron chi connectivity index (χ3n) is 10.8. The van der Waals surface area contributed by atoms with Gasteiger partial charge in [-0.2, -0.15) is 0 Å². The smallest absolute Gasteiger partial charge is 0.0541 e. The summed E-state index contributed by atoms with van der Waals surface area (Å²) in [4.78, 5) is 2.36. The molecule has 0 spiro atoms. The summed E-state index contributed by atoms with van der Waals surface area (Å²) in [5.74, 6) is 0. The third kappa shape index (κ3) is 6.04. The van der Waals surface area contributed by atoms with Crippen LogP contribution in [0, 0.1) is 0 Å². The molecular weight excluding hydrogens is 677 g/mol. The number of aromatic nitrogens is 1. The van der Waals surface area contributed by atoms with Crippen molar-refractivity contribution < 1.29 is 0 Å². The lowest BCUT2D eigenvalue weighted by atomic mass is 9.93. The van der Waals surface area contributed by atoms with Gasteiger partial charge >= 0.3 is 0 Å². The van der Waals surface area contributed by atoms with Crippen LogP contribution in [0.25, 0.3) is 72.0 Å². The lowest BCUT2D eigenvalue weighted by molar-refractivity contribution is 1.18. The zero-order chi connectivity index (χ0) is 37.3. The van der Waals surface area contributed by atoms with Gasteiger partial charge in [-0.1, -0.05) is 176 Å². The monoisotopic (exact) mass is 714 g/mol. The van der Waals surface area contributed by atoms with E-state index in [1.165, 1.54) is 60.8 Å². The molecule has 56 heavy (non-hydrogen) atoms. The molecule has 0 bridgehead atoms. The van der Waals surface area contributed by atoms with Crippen LogP contribution in [0.15, 0.2) is 231 Å². The molecule has 10 rings (SSSR count). The largest absolute Gasteiger partial charge is 0.310 e. The minimum atomic E-state index is 1.09. The molecular formula is C54H38N2. The second kappa shape index (κ2) is 14.4. The van der Waals surface area contributed by atoms with Gasteiger partial charge in [-0.15, -0.1) is 0 Å². The molecule has 0 radical (unpaired) electrons. The molecule has 0 aliphatic rings. The van der Waals surface area contributed by atoms with Crippen LogP contribution < -0.4 is 4.90 Å². The Morgan fingerprint density at radius 2 is 0.696 bits per heavy atom. The molecule has 1 heterocycles. The fourth-order valence-electron chi connectivity index (χ4n) is 8.18. The predicted octanol–water partition coefficient (Wildman–Crippen LogP) is 14.9. The zero-order valence-corrected chi connectivity index (χ0v) is 30.8. The second-order valence-corrected chi connectivity index (χ2v) is 14.1. The minimum Gasteiger partial charge on any atom is -0.310 e. The van der Waals surface area contributed by atoms with Gasteiger partial charge in [-0.25, -0.2) is 0 Å². The molecule has 0 aliphatic heterocycles. The van der Waals surface area contributed by atoms with Crippen LogP contribution in [0.4, 0.5) is 17.1 Å². The van der Waals surface area contributed by atoms with Crippen molar-refractivity contribution in [2.24, 2.45) is 0 Å². The van der Waals surface area contributed by atoms with Crippen LogP contribution in [0.1, 0.15) is 0 Å². The van der Waals surface area contributed by atoms with Crippen LogP contribution >= 0.6 is 0 Å². The second-order valence-electron chi connectivity index (χ2n) is 14.1. The predicted molar refractivity (Wildman–Crippen MR) is 237 cm³/mol. The quantitative estimate of drug-likeness (QED) is 0.152. The Morgan fingerprint density at radius 1 is 0.268 bits per heavy atom. The van der Waals surface area contributed by atoms with Crippen LogP contribution in [-0.2, 0) is 0 Å². The van der Waals surface area contributed by atoms with E-state index >= 15 is 0 Å². The Balaban J connectivity index is 1.10. The summed E-state index contributed by atoms with van der Waals surface area (Å²) >= 11 is 0. The maximum absolute atomic E-state index is 2.42. The van der Waals surface area contributed by atoms with Crippen LogP contribution in [-0.4, -0.2) is 4.57 Å². The van der Waals surface area contributed by atoms with E-state index in [2.05, 4.69) is 240 Å². The first-order valence-corrected chi connectivity index (χ1v) is 19.2. The Labute approximate surface area is 327 Å². The first-order chi connectivity index (χ1) is 27.8. The number of hydrogen-bond acceptors (Lipinski definition) is 1. The molecule has 0 amide bonds. The van der Waals surface area contributed by atoms with Crippen molar-refractivity contribution in [1.82, 2.24) is 4.57 Å². The van der Waals surface area contributed by atoms with E-state index in [4.69, 9.17) is 0 Å². The highest BCUT2D eigenvalue weighted by Crippen LogP contribution is 2.42. The van der Waals surface area contributed by atoms with E-state index in [-0.39, 0.29) is 0 Å². The highest BCUT2D eigenvalue weighted by Gasteiger charge is 2.19. The highest BCUT2D eigenvalue weighted by molar-refractivity contribution is 6.10. The van der Waals surface area contributed by atoms with Crippen molar-refractivity contribution in [3.05, 3.63) is 231 Å². The molecule has 9 aromatic carbocycles. The standard InChI is InChI=1S/C54H38N2/c1-3-16-39(17-4-1)41-30-34-44(35-31-41)55(45-36-32-42(33-37-45)40-18-5-2-6-19-40)46-21-15-20-43(38-46)47-22-7-8-23-48(47)49-24-9-12-27-52(49)56-53-28-13-10-25-50(53)51-26-11-14-29-54(51)56/h1-38H. The number of rotatable bonds is 8.